The molecule has 0 aromatic carbocycles. The van der Waals surface area contributed by atoms with E-state index < -0.39 is 6.03 Å². The minimum absolute atomic E-state index is 0.776. The van der Waals surface area contributed by atoms with Gasteiger partial charge < -0.3 is 10.9 Å². The van der Waals surface area contributed by atoms with Crippen LogP contribution in [0.4, 0.5) is 4.79 Å². The molecule has 0 rings (SSSR count). The minimum Gasteiger partial charge on any atom is -0.351 e. The predicted molar refractivity (Wildman–Crippen MR) is 20.8 cm³/mol. The number of carbonyl (C=O) groups is 1. The number of hydrazine groups is 2. The monoisotopic (exact) mass is 106 g/mol. The molecule has 0 bridgehead atoms. The number of primary amides is 1. The number of amides is 2. The summed E-state index contributed by atoms with van der Waals surface area (Å²) < 4.78 is 0. The number of rotatable bonds is 2. The van der Waals surface area contributed by atoms with E-state index in [1.54, 1.807) is 0 Å². The molecule has 7 heavy (non-hydrogen) atoms. The normalized spacial score (nSPS) is 8.14. The van der Waals surface area contributed by atoms with Crippen molar-refractivity contribution in [2.45, 2.75) is 0 Å². The van der Waals surface area contributed by atoms with E-state index in [0.29, 0.717) is 0 Å². The number of nitrogens with one attached hydrogen (secondary N) is 3. The maximum Gasteiger partial charge on any atom is 0.327 e. The van der Waals surface area contributed by atoms with Gasteiger partial charge in [0.1, 0.15) is 0 Å². The fourth-order valence-electron chi connectivity index (χ4n) is 0.0896. The predicted octanol–water partition coefficient (Wildman–Crippen LogP) is -1.95. The molecule has 0 aromatic heterocycles. The molecule has 0 aliphatic rings. The van der Waals surface area contributed by atoms with E-state index in [1.807, 2.05) is 11.0 Å². The SMILES string of the molecule is NC(=O)NNNO. The lowest BCUT2D eigenvalue weighted by molar-refractivity contribution is 0.105. The first-order valence-corrected chi connectivity index (χ1v) is 1.47. The fourth-order valence-corrected chi connectivity index (χ4v) is 0.0896. The molecule has 0 atom stereocenters. The van der Waals surface area contributed by atoms with Crippen LogP contribution in [-0.4, -0.2) is 11.2 Å². The third kappa shape index (κ3) is 5.15. The fraction of sp³-hybridized carbons (Fsp3) is 0. The Morgan fingerprint density at radius 3 is 2.43 bits per heavy atom. The second-order valence-corrected chi connectivity index (χ2v) is 0.726. The summed E-state index contributed by atoms with van der Waals surface area (Å²) in [7, 11) is 0. The lowest BCUT2D eigenvalue weighted by Crippen LogP contribution is -2.47. The first-order chi connectivity index (χ1) is 3.27. The van der Waals surface area contributed by atoms with Gasteiger partial charge in [-0.25, -0.2) is 4.79 Å². The molecule has 0 aliphatic heterocycles. The molecule has 0 heterocycles. The summed E-state index contributed by atoms with van der Waals surface area (Å²) in [5.74, 6) is 0. The average Bonchev–Trinajstić information content (AvgIpc) is 1.61. The van der Waals surface area contributed by atoms with Crippen LogP contribution in [0.25, 0.3) is 0 Å². The van der Waals surface area contributed by atoms with E-state index in [9.17, 15) is 4.79 Å². The van der Waals surface area contributed by atoms with Gasteiger partial charge in [-0.15, -0.1) is 11.1 Å². The van der Waals surface area contributed by atoms with Gasteiger partial charge in [-0.05, 0) is 0 Å². The first kappa shape index (κ1) is 6.15. The molecular weight excluding hydrogens is 100 g/mol. The van der Waals surface area contributed by atoms with Gasteiger partial charge in [0.25, 0.3) is 0 Å². The van der Waals surface area contributed by atoms with E-state index in [2.05, 4.69) is 5.73 Å². The molecule has 0 saturated heterocycles. The molecular formula is CH6N4O2. The molecule has 0 radical (unpaired) electrons. The van der Waals surface area contributed by atoms with Gasteiger partial charge in [-0.3, -0.25) is 5.43 Å². The van der Waals surface area contributed by atoms with Crippen LogP contribution < -0.4 is 22.3 Å². The molecule has 6 N–H and O–H groups in total. The van der Waals surface area contributed by atoms with Crippen molar-refractivity contribution in [3.05, 3.63) is 0 Å². The molecule has 0 spiro atoms. The number of nitrogens with two attached hydrogens (primary N) is 1. The van der Waals surface area contributed by atoms with Gasteiger partial charge in [-0.1, -0.05) is 0 Å². The van der Waals surface area contributed by atoms with Gasteiger partial charge in [0.2, 0.25) is 0 Å². The second-order valence-electron chi connectivity index (χ2n) is 0.726. The number of carbonyl (C=O) groups excluding carboxylic acids is 1. The third-order valence-corrected chi connectivity index (χ3v) is 0.242. The number of hydrogen-bond acceptors (Lipinski definition) is 4. The maximum absolute atomic E-state index is 9.66. The average molecular weight is 106 g/mol. The van der Waals surface area contributed by atoms with Gasteiger partial charge in [0.05, 0.1) is 0 Å². The van der Waals surface area contributed by atoms with Crippen LogP contribution in [0.15, 0.2) is 0 Å². The van der Waals surface area contributed by atoms with Crippen molar-refractivity contribution in [1.29, 1.82) is 0 Å². The lowest BCUT2D eigenvalue weighted by Gasteiger charge is -1.96. The molecule has 2 amide bonds. The Hall–Kier alpha value is -0.850. The highest BCUT2D eigenvalue weighted by Crippen LogP contribution is 1.40. The summed E-state index contributed by atoms with van der Waals surface area (Å²) in [5.41, 5.74) is 9.60. The maximum atomic E-state index is 9.66. The summed E-state index contributed by atoms with van der Waals surface area (Å²) in [6, 6.07) is -0.776. The van der Waals surface area contributed by atoms with Gasteiger partial charge in [-0.2, -0.15) is 0 Å². The number of hydrogen-bond donors (Lipinski definition) is 5. The Morgan fingerprint density at radius 1 is 1.71 bits per heavy atom. The van der Waals surface area contributed by atoms with E-state index >= 15 is 0 Å². The molecule has 0 unspecified atom stereocenters. The molecule has 0 saturated carbocycles. The van der Waals surface area contributed by atoms with Crippen LogP contribution in [0.1, 0.15) is 0 Å². The lowest BCUT2D eigenvalue weighted by atomic mass is 11.2. The summed E-state index contributed by atoms with van der Waals surface area (Å²) in [6.45, 7) is 0. The zero-order valence-electron chi connectivity index (χ0n) is 3.43. The third-order valence-electron chi connectivity index (χ3n) is 0.242. The second kappa shape index (κ2) is 3.34. The zero-order valence-corrected chi connectivity index (χ0v) is 3.43. The molecule has 6 nitrogen and oxygen atoms in total. The summed E-state index contributed by atoms with van der Waals surface area (Å²) >= 11 is 0. The summed E-state index contributed by atoms with van der Waals surface area (Å²) in [5, 5.41) is 7.68. The Labute approximate surface area is 39.6 Å². The molecule has 42 valence electrons. The van der Waals surface area contributed by atoms with Crippen LogP contribution in [-0.2, 0) is 0 Å². The van der Waals surface area contributed by atoms with Crippen molar-refractivity contribution >= 4 is 6.03 Å². The van der Waals surface area contributed by atoms with Gasteiger partial charge in [0.15, 0.2) is 0 Å². The highest BCUT2D eigenvalue weighted by Gasteiger charge is 1.81. The van der Waals surface area contributed by atoms with Crippen LogP contribution in [0.2, 0.25) is 0 Å². The Bertz CT molecular complexity index is 62.7. The van der Waals surface area contributed by atoms with Crippen LogP contribution >= 0.6 is 0 Å². The van der Waals surface area contributed by atoms with Crippen molar-refractivity contribution in [2.75, 3.05) is 0 Å². The van der Waals surface area contributed by atoms with E-state index in [4.69, 9.17) is 5.21 Å². The van der Waals surface area contributed by atoms with Crippen LogP contribution in [0.5, 0.6) is 0 Å². The summed E-state index contributed by atoms with van der Waals surface area (Å²) in [6.07, 6.45) is 0. The quantitative estimate of drug-likeness (QED) is 0.264. The van der Waals surface area contributed by atoms with Crippen molar-refractivity contribution in [3.63, 3.8) is 0 Å². The molecule has 6 heteroatoms. The zero-order chi connectivity index (χ0) is 5.70. The molecule has 0 aliphatic carbocycles. The van der Waals surface area contributed by atoms with Crippen molar-refractivity contribution in [1.82, 2.24) is 16.5 Å². The largest absolute Gasteiger partial charge is 0.351 e. The van der Waals surface area contributed by atoms with Crippen molar-refractivity contribution < 1.29 is 10.0 Å². The smallest absolute Gasteiger partial charge is 0.327 e. The highest BCUT2D eigenvalue weighted by molar-refractivity contribution is 5.70. The first-order valence-electron chi connectivity index (χ1n) is 1.47. The van der Waals surface area contributed by atoms with Crippen molar-refractivity contribution in [3.8, 4) is 0 Å². The van der Waals surface area contributed by atoms with E-state index in [-0.39, 0.29) is 0 Å². The Morgan fingerprint density at radius 2 is 2.29 bits per heavy atom. The van der Waals surface area contributed by atoms with E-state index in [0.717, 1.165) is 0 Å². The number of urea groups is 1. The highest BCUT2D eigenvalue weighted by atomic mass is 16.5. The van der Waals surface area contributed by atoms with E-state index in [1.165, 1.54) is 5.59 Å². The van der Waals surface area contributed by atoms with Gasteiger partial charge >= 0.3 is 6.03 Å². The molecule has 0 fully saturated rings. The molecule has 0 aromatic rings. The Balaban J connectivity index is 2.82. The van der Waals surface area contributed by atoms with Crippen LogP contribution in [0, 0.1) is 0 Å². The van der Waals surface area contributed by atoms with Crippen molar-refractivity contribution in [2.24, 2.45) is 5.73 Å². The standard InChI is InChI=1S/CH6N4O2/c2-1(6)3-4-5-7/h4-5,7H,(H3,2,3,6). The van der Waals surface area contributed by atoms with Gasteiger partial charge in [0, 0.05) is 0 Å². The topological polar surface area (TPSA) is 99.4 Å². The minimum atomic E-state index is -0.776. The Kier molecular flexibility index (Phi) is 2.94. The summed E-state index contributed by atoms with van der Waals surface area (Å²) in [4.78, 5) is 9.66. The van der Waals surface area contributed by atoms with Crippen LogP contribution in [0.3, 0.4) is 0 Å².